The molecule has 0 unspecified atom stereocenters. The number of aryl methyl sites for hydroxylation is 1. The number of aromatic nitrogens is 2. The van der Waals surface area contributed by atoms with Gasteiger partial charge in [0.15, 0.2) is 0 Å². The minimum atomic E-state index is 0.641. The number of hydrogen-bond donors (Lipinski definition) is 0. The fraction of sp³-hybridized carbons (Fsp3) is 0.250. The van der Waals surface area contributed by atoms with E-state index in [1.807, 2.05) is 10.7 Å². The van der Waals surface area contributed by atoms with E-state index in [1.54, 1.807) is 0 Å². The van der Waals surface area contributed by atoms with Gasteiger partial charge in [0.1, 0.15) is 4.60 Å². The Bertz CT molecular complexity index is 548. The normalized spacial score (nSPS) is 14.1. The van der Waals surface area contributed by atoms with Crippen molar-refractivity contribution in [3.63, 3.8) is 0 Å². The average molecular weight is 279 g/mol. The van der Waals surface area contributed by atoms with E-state index in [0.29, 0.717) is 13.2 Å². The average Bonchev–Trinajstić information content (AvgIpc) is 2.83. The van der Waals surface area contributed by atoms with Crippen LogP contribution in [0.25, 0.3) is 5.69 Å². The SMILES string of the molecule is Cc1cccc(-n2nc(Br)c3c2COC3)c1. The van der Waals surface area contributed by atoms with Gasteiger partial charge in [-0.2, -0.15) is 5.10 Å². The number of rotatable bonds is 1. The second kappa shape index (κ2) is 3.71. The molecule has 0 N–H and O–H groups in total. The van der Waals surface area contributed by atoms with Gasteiger partial charge in [0.25, 0.3) is 0 Å². The van der Waals surface area contributed by atoms with Crippen molar-refractivity contribution in [2.75, 3.05) is 0 Å². The van der Waals surface area contributed by atoms with Gasteiger partial charge >= 0.3 is 0 Å². The Hall–Kier alpha value is -1.13. The summed E-state index contributed by atoms with van der Waals surface area (Å²) in [6, 6.07) is 8.31. The molecular formula is C12H11BrN2O. The Morgan fingerprint density at radius 1 is 1.38 bits per heavy atom. The van der Waals surface area contributed by atoms with Gasteiger partial charge in [0.05, 0.1) is 24.6 Å². The van der Waals surface area contributed by atoms with Gasteiger partial charge in [-0.3, -0.25) is 0 Å². The maximum atomic E-state index is 5.44. The lowest BCUT2D eigenvalue weighted by molar-refractivity contribution is 0.130. The highest BCUT2D eigenvalue weighted by atomic mass is 79.9. The Labute approximate surface area is 102 Å². The first-order valence-electron chi connectivity index (χ1n) is 5.17. The molecule has 0 fully saturated rings. The molecule has 3 nitrogen and oxygen atoms in total. The van der Waals surface area contributed by atoms with Gasteiger partial charge in [-0.25, -0.2) is 4.68 Å². The molecule has 0 aliphatic carbocycles. The minimum absolute atomic E-state index is 0.641. The highest BCUT2D eigenvalue weighted by molar-refractivity contribution is 9.10. The zero-order valence-electron chi connectivity index (χ0n) is 8.90. The number of hydrogen-bond acceptors (Lipinski definition) is 2. The predicted octanol–water partition coefficient (Wildman–Crippen LogP) is 2.97. The highest BCUT2D eigenvalue weighted by Gasteiger charge is 2.22. The number of ether oxygens (including phenoxy) is 1. The lowest BCUT2D eigenvalue weighted by atomic mass is 10.2. The zero-order valence-corrected chi connectivity index (χ0v) is 10.5. The third kappa shape index (κ3) is 1.49. The number of nitrogens with zero attached hydrogens (tertiary/aromatic N) is 2. The van der Waals surface area contributed by atoms with Gasteiger partial charge in [-0.05, 0) is 40.5 Å². The summed E-state index contributed by atoms with van der Waals surface area (Å²) >= 11 is 3.47. The Balaban J connectivity index is 2.17. The molecule has 0 saturated heterocycles. The maximum Gasteiger partial charge on any atom is 0.134 e. The zero-order chi connectivity index (χ0) is 11.1. The van der Waals surface area contributed by atoms with Crippen LogP contribution >= 0.6 is 15.9 Å². The molecule has 3 rings (SSSR count). The summed E-state index contributed by atoms with van der Waals surface area (Å²) in [4.78, 5) is 0. The van der Waals surface area contributed by atoms with Gasteiger partial charge < -0.3 is 4.74 Å². The molecule has 0 amide bonds. The van der Waals surface area contributed by atoms with Crippen LogP contribution in [-0.4, -0.2) is 9.78 Å². The molecule has 1 aromatic carbocycles. The quantitative estimate of drug-likeness (QED) is 0.802. The maximum absolute atomic E-state index is 5.44. The summed E-state index contributed by atoms with van der Waals surface area (Å²) < 4.78 is 8.29. The van der Waals surface area contributed by atoms with Gasteiger partial charge in [-0.15, -0.1) is 0 Å². The van der Waals surface area contributed by atoms with E-state index in [2.05, 4.69) is 46.2 Å². The summed E-state index contributed by atoms with van der Waals surface area (Å²) in [6.07, 6.45) is 0. The van der Waals surface area contributed by atoms with Crippen LogP contribution in [0.1, 0.15) is 16.8 Å². The topological polar surface area (TPSA) is 27.1 Å². The first-order valence-corrected chi connectivity index (χ1v) is 5.96. The van der Waals surface area contributed by atoms with Gasteiger partial charge in [0, 0.05) is 5.56 Å². The number of fused-ring (bicyclic) bond motifs is 1. The van der Waals surface area contributed by atoms with E-state index in [1.165, 1.54) is 11.1 Å². The van der Waals surface area contributed by atoms with Crippen LogP contribution in [0.5, 0.6) is 0 Å². The van der Waals surface area contributed by atoms with E-state index < -0.39 is 0 Å². The van der Waals surface area contributed by atoms with Crippen LogP contribution < -0.4 is 0 Å². The van der Waals surface area contributed by atoms with Crippen molar-refractivity contribution in [2.24, 2.45) is 0 Å². The highest BCUT2D eigenvalue weighted by Crippen LogP contribution is 2.29. The van der Waals surface area contributed by atoms with E-state index >= 15 is 0 Å². The molecule has 1 aliphatic heterocycles. The lowest BCUT2D eigenvalue weighted by Gasteiger charge is -2.05. The largest absolute Gasteiger partial charge is 0.370 e. The second-order valence-corrected chi connectivity index (χ2v) is 4.71. The molecule has 0 radical (unpaired) electrons. The van der Waals surface area contributed by atoms with Crippen molar-refractivity contribution in [2.45, 2.75) is 20.1 Å². The Kier molecular flexibility index (Phi) is 2.33. The van der Waals surface area contributed by atoms with Crippen LogP contribution in [0.3, 0.4) is 0 Å². The smallest absolute Gasteiger partial charge is 0.134 e. The van der Waals surface area contributed by atoms with Crippen molar-refractivity contribution < 1.29 is 4.74 Å². The fourth-order valence-electron chi connectivity index (χ4n) is 1.97. The summed E-state index contributed by atoms with van der Waals surface area (Å²) in [6.45, 7) is 3.38. The first kappa shape index (κ1) is 10.1. The third-order valence-corrected chi connectivity index (χ3v) is 3.41. The van der Waals surface area contributed by atoms with E-state index in [-0.39, 0.29) is 0 Å². The monoisotopic (exact) mass is 278 g/mol. The molecule has 82 valence electrons. The Morgan fingerprint density at radius 3 is 3.06 bits per heavy atom. The van der Waals surface area contributed by atoms with Crippen LogP contribution in [0, 0.1) is 6.92 Å². The molecule has 2 aromatic rings. The molecule has 4 heteroatoms. The van der Waals surface area contributed by atoms with Crippen LogP contribution in [0.2, 0.25) is 0 Å². The van der Waals surface area contributed by atoms with Gasteiger partial charge in [-0.1, -0.05) is 12.1 Å². The molecule has 16 heavy (non-hydrogen) atoms. The summed E-state index contributed by atoms with van der Waals surface area (Å²) in [5.74, 6) is 0. The van der Waals surface area contributed by atoms with Crippen molar-refractivity contribution in [1.82, 2.24) is 9.78 Å². The molecule has 1 aromatic heterocycles. The molecule has 1 aliphatic rings. The third-order valence-electron chi connectivity index (χ3n) is 2.77. The fourth-order valence-corrected chi connectivity index (χ4v) is 2.47. The summed E-state index contributed by atoms with van der Waals surface area (Å²) in [5.41, 5.74) is 4.64. The van der Waals surface area contributed by atoms with E-state index in [9.17, 15) is 0 Å². The first-order chi connectivity index (χ1) is 7.75. The van der Waals surface area contributed by atoms with Crippen LogP contribution in [0.4, 0.5) is 0 Å². The van der Waals surface area contributed by atoms with Crippen molar-refractivity contribution in [1.29, 1.82) is 0 Å². The number of halogens is 1. The van der Waals surface area contributed by atoms with Crippen molar-refractivity contribution in [3.05, 3.63) is 45.7 Å². The summed E-state index contributed by atoms with van der Waals surface area (Å²) in [7, 11) is 0. The van der Waals surface area contributed by atoms with Gasteiger partial charge in [0.2, 0.25) is 0 Å². The number of benzene rings is 1. The van der Waals surface area contributed by atoms with Crippen LogP contribution in [0.15, 0.2) is 28.9 Å². The standard InChI is InChI=1S/C12H11BrN2O/c1-8-3-2-4-9(5-8)15-11-7-16-6-10(11)12(13)14-15/h2-5H,6-7H2,1H3. The van der Waals surface area contributed by atoms with E-state index in [4.69, 9.17) is 4.74 Å². The predicted molar refractivity (Wildman–Crippen MR) is 64.5 cm³/mol. The lowest BCUT2D eigenvalue weighted by Crippen LogP contribution is -2.01. The molecule has 0 atom stereocenters. The minimum Gasteiger partial charge on any atom is -0.370 e. The Morgan fingerprint density at radius 2 is 2.25 bits per heavy atom. The van der Waals surface area contributed by atoms with Crippen molar-refractivity contribution in [3.8, 4) is 5.69 Å². The molecule has 0 saturated carbocycles. The molecule has 0 bridgehead atoms. The van der Waals surface area contributed by atoms with Crippen LogP contribution in [-0.2, 0) is 18.0 Å². The molecular weight excluding hydrogens is 268 g/mol. The second-order valence-electron chi connectivity index (χ2n) is 3.96. The van der Waals surface area contributed by atoms with E-state index in [0.717, 1.165) is 16.0 Å². The molecule has 0 spiro atoms. The van der Waals surface area contributed by atoms with Crippen molar-refractivity contribution >= 4 is 15.9 Å². The summed E-state index contributed by atoms with van der Waals surface area (Å²) in [5, 5.41) is 4.50. The molecule has 2 heterocycles.